The molecule has 0 aromatic heterocycles. The molecule has 0 amide bonds. The molecular weight excluding hydrogens is 210 g/mol. The van der Waals surface area contributed by atoms with E-state index >= 15 is 0 Å². The third-order valence-corrected chi connectivity index (χ3v) is 1.71. The SMILES string of the molecule is COC(=O)[C@@H](N)CC(=O)OC1CC1.Cl. The zero-order valence-corrected chi connectivity index (χ0v) is 8.71. The molecule has 5 nitrogen and oxygen atoms in total. The standard InChI is InChI=1S/C8H13NO4.ClH/c1-12-8(11)6(9)4-7(10)13-5-2-3-5;/h5-6H,2-4,9H2,1H3;1H/t6-;/m0./s1. The first-order valence-corrected chi connectivity index (χ1v) is 4.16. The largest absolute Gasteiger partial charge is 0.468 e. The summed E-state index contributed by atoms with van der Waals surface area (Å²) in [6, 6.07) is -0.906. The molecular formula is C8H14ClNO4. The van der Waals surface area contributed by atoms with E-state index in [9.17, 15) is 9.59 Å². The van der Waals surface area contributed by atoms with Gasteiger partial charge in [0.1, 0.15) is 12.1 Å². The molecule has 0 spiro atoms. The zero-order valence-electron chi connectivity index (χ0n) is 7.89. The van der Waals surface area contributed by atoms with E-state index in [0.29, 0.717) is 0 Å². The van der Waals surface area contributed by atoms with Crippen molar-refractivity contribution >= 4 is 24.3 Å². The van der Waals surface area contributed by atoms with Crippen LogP contribution in [0, 0.1) is 0 Å². The van der Waals surface area contributed by atoms with E-state index in [1.807, 2.05) is 0 Å². The summed E-state index contributed by atoms with van der Waals surface area (Å²) >= 11 is 0. The minimum absolute atomic E-state index is 0. The van der Waals surface area contributed by atoms with Crippen LogP contribution in [-0.4, -0.2) is 31.2 Å². The topological polar surface area (TPSA) is 78.6 Å². The van der Waals surface area contributed by atoms with Crippen LogP contribution in [0.1, 0.15) is 19.3 Å². The van der Waals surface area contributed by atoms with E-state index in [4.69, 9.17) is 10.5 Å². The van der Waals surface area contributed by atoms with Gasteiger partial charge in [0, 0.05) is 0 Å². The van der Waals surface area contributed by atoms with Gasteiger partial charge in [0.2, 0.25) is 0 Å². The Balaban J connectivity index is 0.00000169. The maximum absolute atomic E-state index is 11.0. The molecule has 0 radical (unpaired) electrons. The highest BCUT2D eigenvalue weighted by molar-refractivity contribution is 5.85. The maximum Gasteiger partial charge on any atom is 0.323 e. The van der Waals surface area contributed by atoms with Crippen molar-refractivity contribution in [2.45, 2.75) is 31.4 Å². The predicted octanol–water partition coefficient (Wildman–Crippen LogP) is 0.00420. The highest BCUT2D eigenvalue weighted by Crippen LogP contribution is 2.23. The van der Waals surface area contributed by atoms with Crippen molar-refractivity contribution in [3.63, 3.8) is 0 Å². The Morgan fingerprint density at radius 1 is 1.50 bits per heavy atom. The molecule has 0 saturated heterocycles. The number of ether oxygens (including phenoxy) is 2. The average molecular weight is 224 g/mol. The van der Waals surface area contributed by atoms with E-state index in [-0.39, 0.29) is 24.9 Å². The summed E-state index contributed by atoms with van der Waals surface area (Å²) in [4.78, 5) is 21.8. The minimum Gasteiger partial charge on any atom is -0.468 e. The van der Waals surface area contributed by atoms with Crippen molar-refractivity contribution in [2.75, 3.05) is 7.11 Å². The van der Waals surface area contributed by atoms with Gasteiger partial charge in [0.15, 0.2) is 0 Å². The van der Waals surface area contributed by atoms with Crippen LogP contribution in [0.5, 0.6) is 0 Å². The molecule has 0 aromatic rings. The fraction of sp³-hybridized carbons (Fsp3) is 0.750. The highest BCUT2D eigenvalue weighted by Gasteiger charge is 2.27. The Morgan fingerprint density at radius 2 is 2.07 bits per heavy atom. The second kappa shape index (κ2) is 5.82. The lowest BCUT2D eigenvalue weighted by Crippen LogP contribution is -2.34. The molecule has 1 fully saturated rings. The van der Waals surface area contributed by atoms with Gasteiger partial charge < -0.3 is 15.2 Å². The van der Waals surface area contributed by atoms with Gasteiger partial charge in [-0.15, -0.1) is 12.4 Å². The van der Waals surface area contributed by atoms with Crippen LogP contribution in [0.2, 0.25) is 0 Å². The Morgan fingerprint density at radius 3 is 2.50 bits per heavy atom. The normalized spacial score (nSPS) is 16.4. The van der Waals surface area contributed by atoms with Crippen LogP contribution < -0.4 is 5.73 Å². The lowest BCUT2D eigenvalue weighted by molar-refractivity contribution is -0.151. The predicted molar refractivity (Wildman–Crippen MR) is 51.0 cm³/mol. The molecule has 0 aromatic carbocycles. The monoisotopic (exact) mass is 223 g/mol. The minimum atomic E-state index is -0.906. The van der Waals surface area contributed by atoms with Gasteiger partial charge in [-0.1, -0.05) is 0 Å². The number of hydrogen-bond donors (Lipinski definition) is 1. The number of halogens is 1. The van der Waals surface area contributed by atoms with Crippen LogP contribution >= 0.6 is 12.4 Å². The van der Waals surface area contributed by atoms with Crippen LogP contribution in [0.25, 0.3) is 0 Å². The van der Waals surface area contributed by atoms with Crippen molar-refractivity contribution in [1.82, 2.24) is 0 Å². The molecule has 0 unspecified atom stereocenters. The summed E-state index contributed by atoms with van der Waals surface area (Å²) in [5.41, 5.74) is 5.35. The second-order valence-electron chi connectivity index (χ2n) is 3.02. The van der Waals surface area contributed by atoms with Crippen molar-refractivity contribution in [1.29, 1.82) is 0 Å². The van der Waals surface area contributed by atoms with Gasteiger partial charge in [-0.05, 0) is 12.8 Å². The Bertz CT molecular complexity index is 217. The van der Waals surface area contributed by atoms with Gasteiger partial charge in [0.05, 0.1) is 13.5 Å². The molecule has 1 rings (SSSR count). The summed E-state index contributed by atoms with van der Waals surface area (Å²) in [7, 11) is 1.23. The highest BCUT2D eigenvalue weighted by atomic mass is 35.5. The molecule has 2 N–H and O–H groups in total. The maximum atomic E-state index is 11.0. The summed E-state index contributed by atoms with van der Waals surface area (Å²) in [6.07, 6.45) is 1.78. The van der Waals surface area contributed by atoms with Gasteiger partial charge in [-0.25, -0.2) is 0 Å². The Labute approximate surface area is 88.3 Å². The van der Waals surface area contributed by atoms with Crippen LogP contribution in [0.4, 0.5) is 0 Å². The van der Waals surface area contributed by atoms with Gasteiger partial charge >= 0.3 is 11.9 Å². The Kier molecular flexibility index (Phi) is 5.49. The molecule has 1 atom stereocenters. The molecule has 0 heterocycles. The second-order valence-corrected chi connectivity index (χ2v) is 3.02. The molecule has 0 bridgehead atoms. The number of esters is 2. The third-order valence-electron chi connectivity index (χ3n) is 1.71. The smallest absolute Gasteiger partial charge is 0.323 e. The van der Waals surface area contributed by atoms with Crippen molar-refractivity contribution < 1.29 is 19.1 Å². The first-order valence-electron chi connectivity index (χ1n) is 4.16. The Hall–Kier alpha value is -0.810. The first kappa shape index (κ1) is 13.2. The van der Waals surface area contributed by atoms with E-state index in [1.165, 1.54) is 7.11 Å². The quantitative estimate of drug-likeness (QED) is 0.679. The summed E-state index contributed by atoms with van der Waals surface area (Å²) in [5, 5.41) is 0. The summed E-state index contributed by atoms with van der Waals surface area (Å²) in [5.74, 6) is -1.02. The van der Waals surface area contributed by atoms with E-state index in [0.717, 1.165) is 12.8 Å². The van der Waals surface area contributed by atoms with E-state index in [2.05, 4.69) is 4.74 Å². The fourth-order valence-corrected chi connectivity index (χ4v) is 0.834. The third kappa shape index (κ3) is 4.43. The lowest BCUT2D eigenvalue weighted by atomic mass is 10.2. The first-order chi connectivity index (χ1) is 6.13. The number of carbonyl (C=O) groups excluding carboxylic acids is 2. The molecule has 1 saturated carbocycles. The van der Waals surface area contributed by atoms with Crippen molar-refractivity contribution in [3.05, 3.63) is 0 Å². The summed E-state index contributed by atoms with van der Waals surface area (Å²) in [6.45, 7) is 0. The molecule has 14 heavy (non-hydrogen) atoms. The van der Waals surface area contributed by atoms with Gasteiger partial charge in [-0.2, -0.15) is 0 Å². The average Bonchev–Trinajstić information content (AvgIpc) is 2.86. The van der Waals surface area contributed by atoms with Gasteiger partial charge in [-0.3, -0.25) is 9.59 Å². The molecule has 6 heteroatoms. The van der Waals surface area contributed by atoms with E-state index < -0.39 is 18.0 Å². The van der Waals surface area contributed by atoms with Gasteiger partial charge in [0.25, 0.3) is 0 Å². The van der Waals surface area contributed by atoms with Crippen molar-refractivity contribution in [2.24, 2.45) is 5.73 Å². The van der Waals surface area contributed by atoms with Crippen LogP contribution in [0.3, 0.4) is 0 Å². The number of methoxy groups -OCH3 is 1. The number of hydrogen-bond acceptors (Lipinski definition) is 5. The number of rotatable bonds is 4. The molecule has 0 aliphatic heterocycles. The zero-order chi connectivity index (χ0) is 9.84. The fourth-order valence-electron chi connectivity index (χ4n) is 0.834. The van der Waals surface area contributed by atoms with Crippen LogP contribution in [-0.2, 0) is 19.1 Å². The molecule has 1 aliphatic rings. The summed E-state index contributed by atoms with van der Waals surface area (Å²) < 4.78 is 9.26. The van der Waals surface area contributed by atoms with Crippen molar-refractivity contribution in [3.8, 4) is 0 Å². The number of carbonyl (C=O) groups is 2. The van der Waals surface area contributed by atoms with Crippen LogP contribution in [0.15, 0.2) is 0 Å². The van der Waals surface area contributed by atoms with E-state index in [1.54, 1.807) is 0 Å². The molecule has 82 valence electrons. The molecule has 1 aliphatic carbocycles. The number of nitrogens with two attached hydrogens (primary N) is 1. The lowest BCUT2D eigenvalue weighted by Gasteiger charge is -2.08.